The maximum Gasteiger partial charge on any atom is 0.343 e. The van der Waals surface area contributed by atoms with E-state index in [2.05, 4.69) is 4.74 Å². The zero-order valence-corrected chi connectivity index (χ0v) is 5.87. The summed E-state index contributed by atoms with van der Waals surface area (Å²) in [6.45, 7) is 2.59. The molecule has 0 aromatic carbocycles. The molecule has 1 fully saturated rings. The third-order valence-electron chi connectivity index (χ3n) is 1.68. The van der Waals surface area contributed by atoms with Crippen LogP contribution >= 0.6 is 0 Å². The van der Waals surface area contributed by atoms with Gasteiger partial charge in [0.05, 0.1) is 5.57 Å². The van der Waals surface area contributed by atoms with Crippen LogP contribution in [-0.2, 0) is 14.3 Å². The van der Waals surface area contributed by atoms with Crippen LogP contribution in [0.25, 0.3) is 0 Å². The Bertz CT molecular complexity index is 252. The second-order valence-electron chi connectivity index (χ2n) is 2.65. The molecule has 1 saturated heterocycles. The van der Waals surface area contributed by atoms with Crippen LogP contribution in [0.15, 0.2) is 11.6 Å². The van der Waals surface area contributed by atoms with Crippen molar-refractivity contribution in [1.82, 2.24) is 4.90 Å². The van der Waals surface area contributed by atoms with Crippen molar-refractivity contribution in [3.05, 3.63) is 11.6 Å². The van der Waals surface area contributed by atoms with Crippen LogP contribution in [0.5, 0.6) is 0 Å². The Labute approximate surface area is 63.4 Å². The summed E-state index contributed by atoms with van der Waals surface area (Å²) in [5.74, 6) is -1.02. The fraction of sp³-hybridized carbons (Fsp3) is 0.429. The molecule has 0 atom stereocenters. The predicted molar refractivity (Wildman–Crippen MR) is 35.6 cm³/mol. The van der Waals surface area contributed by atoms with Gasteiger partial charge < -0.3 is 4.74 Å². The Morgan fingerprint density at radius 2 is 2.18 bits per heavy atom. The molecule has 2 rings (SSSR count). The third-order valence-corrected chi connectivity index (χ3v) is 1.68. The van der Waals surface area contributed by atoms with Gasteiger partial charge >= 0.3 is 11.9 Å². The molecule has 0 N–H and O–H groups in total. The van der Waals surface area contributed by atoms with Gasteiger partial charge in [-0.1, -0.05) is 0 Å². The number of ether oxygens (including phenoxy) is 1. The van der Waals surface area contributed by atoms with E-state index in [1.165, 1.54) is 6.08 Å². The Morgan fingerprint density at radius 1 is 1.45 bits per heavy atom. The van der Waals surface area contributed by atoms with Gasteiger partial charge in [-0.05, 0) is 0 Å². The van der Waals surface area contributed by atoms with E-state index in [9.17, 15) is 9.59 Å². The molecule has 2 aliphatic rings. The maximum absolute atomic E-state index is 10.8. The van der Waals surface area contributed by atoms with E-state index in [-0.39, 0.29) is 0 Å². The fourth-order valence-corrected chi connectivity index (χ4v) is 0.967. The summed E-state index contributed by atoms with van der Waals surface area (Å²) >= 11 is 0. The van der Waals surface area contributed by atoms with Gasteiger partial charge in [0, 0.05) is 25.7 Å². The van der Waals surface area contributed by atoms with E-state index in [0.717, 1.165) is 13.1 Å². The zero-order chi connectivity index (χ0) is 7.84. The first-order chi connectivity index (χ1) is 5.25. The number of rotatable bonds is 2. The number of carbonyl (C=O) groups is 2. The quantitative estimate of drug-likeness (QED) is 0.299. The Kier molecular flexibility index (Phi) is 1.29. The van der Waals surface area contributed by atoms with Gasteiger partial charge in [0.25, 0.3) is 0 Å². The molecule has 4 nitrogen and oxygen atoms in total. The number of cyclic esters (lactones) is 2. The van der Waals surface area contributed by atoms with Crippen molar-refractivity contribution >= 4 is 11.9 Å². The molecule has 58 valence electrons. The second kappa shape index (κ2) is 2.17. The van der Waals surface area contributed by atoms with Gasteiger partial charge in [-0.15, -0.1) is 0 Å². The minimum absolute atomic E-state index is 0.479. The summed E-state index contributed by atoms with van der Waals surface area (Å²) in [7, 11) is 0. The lowest BCUT2D eigenvalue weighted by Crippen LogP contribution is -2.09. The van der Waals surface area contributed by atoms with Gasteiger partial charge in [-0.25, -0.2) is 9.59 Å². The molecule has 0 radical (unpaired) electrons. The van der Waals surface area contributed by atoms with Crippen molar-refractivity contribution in [3.8, 4) is 0 Å². The molecular weight excluding hydrogens is 146 g/mol. The summed E-state index contributed by atoms with van der Waals surface area (Å²) in [6.07, 6.45) is 1.26. The fourth-order valence-electron chi connectivity index (χ4n) is 0.967. The van der Waals surface area contributed by atoms with Crippen LogP contribution in [0.2, 0.25) is 0 Å². The Balaban J connectivity index is 2.04. The highest BCUT2D eigenvalue weighted by atomic mass is 16.6. The van der Waals surface area contributed by atoms with Crippen LogP contribution in [0, 0.1) is 0 Å². The van der Waals surface area contributed by atoms with E-state index in [1.54, 1.807) is 0 Å². The summed E-state index contributed by atoms with van der Waals surface area (Å²) in [4.78, 5) is 23.4. The topological polar surface area (TPSA) is 46.4 Å². The highest BCUT2D eigenvalue weighted by Gasteiger charge is 2.28. The van der Waals surface area contributed by atoms with Crippen LogP contribution in [0.3, 0.4) is 0 Å². The number of esters is 2. The summed E-state index contributed by atoms with van der Waals surface area (Å²) in [6, 6.07) is 0. The smallest absolute Gasteiger partial charge is 0.343 e. The molecule has 0 amide bonds. The largest absolute Gasteiger partial charge is 0.386 e. The molecule has 0 bridgehead atoms. The lowest BCUT2D eigenvalue weighted by molar-refractivity contribution is -0.150. The summed E-state index contributed by atoms with van der Waals surface area (Å²) < 4.78 is 4.31. The molecule has 0 aromatic rings. The maximum atomic E-state index is 10.8. The number of hydrogen-bond donors (Lipinski definition) is 0. The van der Waals surface area contributed by atoms with E-state index < -0.39 is 11.9 Å². The molecule has 2 aliphatic heterocycles. The first kappa shape index (κ1) is 6.54. The highest BCUT2D eigenvalue weighted by Crippen LogP contribution is 2.13. The SMILES string of the molecule is O=C1C=C(CN2CC2)C(=O)O1. The van der Waals surface area contributed by atoms with Gasteiger partial charge in [0.15, 0.2) is 0 Å². The third kappa shape index (κ3) is 1.30. The predicted octanol–water partition coefficient (Wildman–Crippen LogP) is -0.688. The minimum atomic E-state index is -0.535. The van der Waals surface area contributed by atoms with Crippen molar-refractivity contribution in [3.63, 3.8) is 0 Å². The zero-order valence-electron chi connectivity index (χ0n) is 5.87. The second-order valence-corrected chi connectivity index (χ2v) is 2.65. The first-order valence-corrected chi connectivity index (χ1v) is 3.45. The van der Waals surface area contributed by atoms with Gasteiger partial charge in [0.2, 0.25) is 0 Å². The Morgan fingerprint density at radius 3 is 2.64 bits per heavy atom. The van der Waals surface area contributed by atoms with E-state index >= 15 is 0 Å². The molecule has 0 aliphatic carbocycles. The number of hydrogen-bond acceptors (Lipinski definition) is 4. The average Bonchev–Trinajstić information content (AvgIpc) is 2.64. The van der Waals surface area contributed by atoms with E-state index in [4.69, 9.17) is 0 Å². The van der Waals surface area contributed by atoms with Crippen molar-refractivity contribution < 1.29 is 14.3 Å². The Hall–Kier alpha value is -1.16. The van der Waals surface area contributed by atoms with Crippen LogP contribution < -0.4 is 0 Å². The monoisotopic (exact) mass is 153 g/mol. The summed E-state index contributed by atoms with van der Waals surface area (Å²) in [5.41, 5.74) is 0.479. The normalized spacial score (nSPS) is 23.5. The molecule has 0 spiro atoms. The standard InChI is InChI=1S/C7H7NO3/c9-6-3-5(7(10)11-6)4-8-1-2-8/h3H,1-2,4H2. The molecule has 0 aromatic heterocycles. The van der Waals surface area contributed by atoms with Crippen molar-refractivity contribution in [2.75, 3.05) is 19.6 Å². The lowest BCUT2D eigenvalue weighted by atomic mass is 10.3. The molecule has 0 unspecified atom stereocenters. The number of nitrogens with zero attached hydrogens (tertiary/aromatic N) is 1. The van der Waals surface area contributed by atoms with Crippen LogP contribution in [0.4, 0.5) is 0 Å². The molecule has 11 heavy (non-hydrogen) atoms. The van der Waals surface area contributed by atoms with Gasteiger partial charge in [0.1, 0.15) is 0 Å². The lowest BCUT2D eigenvalue weighted by Gasteiger charge is -1.96. The molecule has 4 heteroatoms. The summed E-state index contributed by atoms with van der Waals surface area (Å²) in [5, 5.41) is 0. The molecule has 2 heterocycles. The van der Waals surface area contributed by atoms with E-state index in [0.29, 0.717) is 12.1 Å². The van der Waals surface area contributed by atoms with Gasteiger partial charge in [-0.2, -0.15) is 0 Å². The molecular formula is C7H7NO3. The van der Waals surface area contributed by atoms with Gasteiger partial charge in [-0.3, -0.25) is 4.90 Å². The van der Waals surface area contributed by atoms with Crippen molar-refractivity contribution in [2.45, 2.75) is 0 Å². The van der Waals surface area contributed by atoms with Crippen molar-refractivity contribution in [2.24, 2.45) is 0 Å². The molecule has 0 saturated carbocycles. The van der Waals surface area contributed by atoms with Crippen LogP contribution in [0.1, 0.15) is 0 Å². The highest BCUT2D eigenvalue weighted by molar-refractivity contribution is 6.09. The van der Waals surface area contributed by atoms with E-state index in [1.807, 2.05) is 4.90 Å². The van der Waals surface area contributed by atoms with Crippen LogP contribution in [-0.4, -0.2) is 36.5 Å². The van der Waals surface area contributed by atoms with Crippen molar-refractivity contribution in [1.29, 1.82) is 0 Å². The number of carbonyl (C=O) groups excluding carboxylic acids is 2. The minimum Gasteiger partial charge on any atom is -0.386 e. The first-order valence-electron chi connectivity index (χ1n) is 3.45. The average molecular weight is 153 g/mol.